The number of nitrogens with one attached hydrogen (secondary N) is 1. The number of aliphatic hydroxyl groups is 2. The van der Waals surface area contributed by atoms with Gasteiger partial charge in [-0.05, 0) is 11.6 Å². The minimum atomic E-state index is -0.723. The lowest BCUT2D eigenvalue weighted by Crippen LogP contribution is -2.32. The van der Waals surface area contributed by atoms with Crippen LogP contribution in [0.2, 0.25) is 0 Å². The summed E-state index contributed by atoms with van der Waals surface area (Å²) >= 11 is 0. The summed E-state index contributed by atoms with van der Waals surface area (Å²) in [6.07, 6.45) is 1.50. The maximum atomic E-state index is 11.5. The van der Waals surface area contributed by atoms with Crippen LogP contribution in [0, 0.1) is 0 Å². The molecule has 7 nitrogen and oxygen atoms in total. The smallest absolute Gasteiger partial charge is 0.330 e. The highest BCUT2D eigenvalue weighted by Crippen LogP contribution is 2.25. The van der Waals surface area contributed by atoms with E-state index < -0.39 is 23.6 Å². The van der Waals surface area contributed by atoms with Gasteiger partial charge in [-0.2, -0.15) is 0 Å². The SMILES string of the molecule is O=c1ccn([C@H]2C=C(CO)[C@@H](CO)O2)c(=O)[nH]1. The van der Waals surface area contributed by atoms with Crippen molar-refractivity contribution in [2.24, 2.45) is 0 Å². The van der Waals surface area contributed by atoms with E-state index in [0.717, 1.165) is 0 Å². The Kier molecular flexibility index (Phi) is 3.23. The molecule has 1 aliphatic heterocycles. The monoisotopic (exact) mass is 240 g/mol. The lowest BCUT2D eigenvalue weighted by molar-refractivity contribution is -0.0164. The van der Waals surface area contributed by atoms with Gasteiger partial charge in [-0.3, -0.25) is 14.3 Å². The van der Waals surface area contributed by atoms with Crippen LogP contribution < -0.4 is 11.2 Å². The number of rotatable bonds is 3. The van der Waals surface area contributed by atoms with Crippen LogP contribution in [0.25, 0.3) is 0 Å². The van der Waals surface area contributed by atoms with Gasteiger partial charge in [-0.15, -0.1) is 0 Å². The molecule has 0 fully saturated rings. The lowest BCUT2D eigenvalue weighted by atomic mass is 10.2. The second kappa shape index (κ2) is 4.66. The topological polar surface area (TPSA) is 105 Å². The lowest BCUT2D eigenvalue weighted by Gasteiger charge is -2.15. The molecule has 0 saturated carbocycles. The molecule has 7 heteroatoms. The van der Waals surface area contributed by atoms with Crippen LogP contribution in [0.1, 0.15) is 6.23 Å². The van der Waals surface area contributed by atoms with Gasteiger partial charge >= 0.3 is 5.69 Å². The Balaban J connectivity index is 2.34. The van der Waals surface area contributed by atoms with Crippen molar-refractivity contribution >= 4 is 0 Å². The molecule has 0 unspecified atom stereocenters. The molecule has 0 radical (unpaired) electrons. The first-order valence-corrected chi connectivity index (χ1v) is 5.05. The summed E-state index contributed by atoms with van der Waals surface area (Å²) in [5, 5.41) is 18.1. The van der Waals surface area contributed by atoms with Crippen LogP contribution in [0.15, 0.2) is 33.5 Å². The molecule has 1 aromatic heterocycles. The Morgan fingerprint density at radius 1 is 1.41 bits per heavy atom. The fourth-order valence-electron chi connectivity index (χ4n) is 1.67. The molecule has 92 valence electrons. The average molecular weight is 240 g/mol. The van der Waals surface area contributed by atoms with Crippen molar-refractivity contribution in [2.75, 3.05) is 13.2 Å². The standard InChI is InChI=1S/C10H12N2O5/c13-4-6-3-9(17-7(6)5-14)12-2-1-8(15)11-10(12)16/h1-3,7,9,13-14H,4-5H2,(H,11,15,16)/t7-,9-/m1/s1. The van der Waals surface area contributed by atoms with Gasteiger partial charge < -0.3 is 14.9 Å². The maximum absolute atomic E-state index is 11.5. The van der Waals surface area contributed by atoms with Crippen LogP contribution in [-0.2, 0) is 4.74 Å². The molecule has 0 aromatic carbocycles. The molecule has 2 atom stereocenters. The van der Waals surface area contributed by atoms with E-state index in [1.807, 2.05) is 0 Å². The van der Waals surface area contributed by atoms with Crippen molar-refractivity contribution in [2.45, 2.75) is 12.3 Å². The Morgan fingerprint density at radius 3 is 2.71 bits per heavy atom. The summed E-state index contributed by atoms with van der Waals surface area (Å²) in [6, 6.07) is 1.20. The summed E-state index contributed by atoms with van der Waals surface area (Å²) in [5.74, 6) is 0. The third kappa shape index (κ3) is 2.21. The average Bonchev–Trinajstić information content (AvgIpc) is 2.72. The summed E-state index contributed by atoms with van der Waals surface area (Å²) < 4.78 is 6.53. The molecule has 0 amide bonds. The van der Waals surface area contributed by atoms with Gasteiger partial charge in [0.1, 0.15) is 6.10 Å². The zero-order valence-electron chi connectivity index (χ0n) is 8.87. The predicted molar refractivity (Wildman–Crippen MR) is 57.5 cm³/mol. The number of ether oxygens (including phenoxy) is 1. The molecular formula is C10H12N2O5. The third-order valence-electron chi connectivity index (χ3n) is 2.55. The minimum absolute atomic E-state index is 0.250. The Labute approximate surface area is 95.6 Å². The molecule has 3 N–H and O–H groups in total. The molecule has 17 heavy (non-hydrogen) atoms. The summed E-state index contributed by atoms with van der Waals surface area (Å²) in [5.41, 5.74) is -0.584. The van der Waals surface area contributed by atoms with Gasteiger partial charge in [0.25, 0.3) is 5.56 Å². The van der Waals surface area contributed by atoms with E-state index >= 15 is 0 Å². The summed E-state index contributed by atoms with van der Waals surface area (Å²) in [7, 11) is 0. The van der Waals surface area contributed by atoms with Crippen LogP contribution in [0.4, 0.5) is 0 Å². The van der Waals surface area contributed by atoms with Gasteiger partial charge in [-0.1, -0.05) is 0 Å². The molecule has 0 spiro atoms. The van der Waals surface area contributed by atoms with E-state index in [2.05, 4.69) is 4.98 Å². The Bertz CT molecular complexity index is 544. The van der Waals surface area contributed by atoms with Crippen molar-refractivity contribution in [1.29, 1.82) is 0 Å². The zero-order chi connectivity index (χ0) is 12.4. The number of aromatic amines is 1. The van der Waals surface area contributed by atoms with E-state index in [-0.39, 0.29) is 13.2 Å². The van der Waals surface area contributed by atoms with Crippen molar-refractivity contribution in [1.82, 2.24) is 9.55 Å². The van der Waals surface area contributed by atoms with Gasteiger partial charge in [0, 0.05) is 12.3 Å². The van der Waals surface area contributed by atoms with Gasteiger partial charge in [0.05, 0.1) is 13.2 Å². The van der Waals surface area contributed by atoms with Crippen LogP contribution >= 0.6 is 0 Å². The van der Waals surface area contributed by atoms with Crippen molar-refractivity contribution in [3.8, 4) is 0 Å². The van der Waals surface area contributed by atoms with E-state index in [1.54, 1.807) is 6.08 Å². The number of aromatic nitrogens is 2. The van der Waals surface area contributed by atoms with Crippen molar-refractivity contribution < 1.29 is 14.9 Å². The normalized spacial score (nSPS) is 23.8. The molecule has 0 bridgehead atoms. The predicted octanol–water partition coefficient (Wildman–Crippen LogP) is -1.65. The number of aliphatic hydroxyl groups excluding tert-OH is 2. The van der Waals surface area contributed by atoms with Gasteiger partial charge in [0.2, 0.25) is 0 Å². The molecular weight excluding hydrogens is 228 g/mol. The quantitative estimate of drug-likeness (QED) is 0.549. The zero-order valence-corrected chi connectivity index (χ0v) is 8.87. The Hall–Kier alpha value is -1.70. The summed E-state index contributed by atoms with van der Waals surface area (Å²) in [4.78, 5) is 24.5. The largest absolute Gasteiger partial charge is 0.393 e. The molecule has 0 saturated heterocycles. The highest BCUT2D eigenvalue weighted by Gasteiger charge is 2.27. The third-order valence-corrected chi connectivity index (χ3v) is 2.55. The molecule has 0 aliphatic carbocycles. The highest BCUT2D eigenvalue weighted by molar-refractivity contribution is 5.16. The van der Waals surface area contributed by atoms with Gasteiger partial charge in [0.15, 0.2) is 6.23 Å². The van der Waals surface area contributed by atoms with Gasteiger partial charge in [-0.25, -0.2) is 4.79 Å². The number of nitrogens with zero attached hydrogens (tertiary/aromatic N) is 1. The Morgan fingerprint density at radius 2 is 2.18 bits per heavy atom. The highest BCUT2D eigenvalue weighted by atomic mass is 16.5. The molecule has 1 aliphatic rings. The minimum Gasteiger partial charge on any atom is -0.393 e. The number of H-pyrrole nitrogens is 1. The van der Waals surface area contributed by atoms with E-state index in [1.165, 1.54) is 16.8 Å². The summed E-state index contributed by atoms with van der Waals surface area (Å²) in [6.45, 7) is -0.527. The molecule has 2 heterocycles. The van der Waals surface area contributed by atoms with Crippen molar-refractivity contribution in [3.63, 3.8) is 0 Å². The van der Waals surface area contributed by atoms with Crippen LogP contribution in [-0.4, -0.2) is 39.1 Å². The van der Waals surface area contributed by atoms with E-state index in [0.29, 0.717) is 5.57 Å². The number of hydrogen-bond donors (Lipinski definition) is 3. The molecule has 1 aromatic rings. The second-order valence-corrected chi connectivity index (χ2v) is 3.61. The number of hydrogen-bond acceptors (Lipinski definition) is 5. The van der Waals surface area contributed by atoms with Crippen molar-refractivity contribution in [3.05, 3.63) is 44.8 Å². The fraction of sp³-hybridized carbons (Fsp3) is 0.400. The first kappa shape index (κ1) is 11.8. The second-order valence-electron chi connectivity index (χ2n) is 3.61. The van der Waals surface area contributed by atoms with E-state index in [4.69, 9.17) is 14.9 Å². The first-order valence-electron chi connectivity index (χ1n) is 5.05. The van der Waals surface area contributed by atoms with Crippen LogP contribution in [0.3, 0.4) is 0 Å². The maximum Gasteiger partial charge on any atom is 0.330 e. The van der Waals surface area contributed by atoms with Crippen LogP contribution in [0.5, 0.6) is 0 Å². The molecule has 2 rings (SSSR count). The first-order chi connectivity index (χ1) is 8.15. The fourth-order valence-corrected chi connectivity index (χ4v) is 1.67. The van der Waals surface area contributed by atoms with E-state index in [9.17, 15) is 9.59 Å².